The number of hydrogen-bond acceptors (Lipinski definition) is 3. The molecule has 2 N–H and O–H groups in total. The summed E-state index contributed by atoms with van der Waals surface area (Å²) >= 11 is 0. The van der Waals surface area contributed by atoms with Gasteiger partial charge in [-0.25, -0.2) is 4.79 Å². The zero-order valence-corrected chi connectivity index (χ0v) is 14.7. The number of hydrogen-bond donors (Lipinski definition) is 2. The van der Waals surface area contributed by atoms with Crippen molar-refractivity contribution in [2.75, 3.05) is 25.6 Å². The average Bonchev–Trinajstić information content (AvgIpc) is 3.41. The molecule has 1 aliphatic carbocycles. The van der Waals surface area contributed by atoms with Crippen molar-refractivity contribution in [2.45, 2.75) is 19.8 Å². The van der Waals surface area contributed by atoms with Gasteiger partial charge in [-0.2, -0.15) is 0 Å². The standard InChI is InChI=1S/C20H24N2O3/c1-15-7-6-10-17(24-2)18(15)22-19(23)21-13-20(11-12-20)14-25-16-8-4-3-5-9-16/h3-10H,11-14H2,1-2H3,(H2,21,22,23). The van der Waals surface area contributed by atoms with Crippen LogP contribution in [0.2, 0.25) is 0 Å². The Bertz CT molecular complexity index is 727. The third-order valence-corrected chi connectivity index (χ3v) is 4.56. The molecule has 0 atom stereocenters. The molecule has 3 rings (SSSR count). The molecule has 0 unspecified atom stereocenters. The van der Waals surface area contributed by atoms with Gasteiger partial charge in [0.1, 0.15) is 11.5 Å². The number of carbonyl (C=O) groups is 1. The zero-order chi connectivity index (χ0) is 17.7. The molecule has 0 radical (unpaired) electrons. The SMILES string of the molecule is COc1cccc(C)c1NC(=O)NCC1(COc2ccccc2)CC1. The van der Waals surface area contributed by atoms with Gasteiger partial charge in [-0.15, -0.1) is 0 Å². The summed E-state index contributed by atoms with van der Waals surface area (Å²) in [5.74, 6) is 1.52. The van der Waals surface area contributed by atoms with Crippen molar-refractivity contribution in [1.29, 1.82) is 0 Å². The fourth-order valence-corrected chi connectivity index (χ4v) is 2.70. The molecule has 2 amide bonds. The first-order chi connectivity index (χ1) is 12.1. The number of urea groups is 1. The largest absolute Gasteiger partial charge is 0.495 e. The van der Waals surface area contributed by atoms with Crippen molar-refractivity contribution in [3.63, 3.8) is 0 Å². The van der Waals surface area contributed by atoms with Gasteiger partial charge in [-0.3, -0.25) is 0 Å². The number of methoxy groups -OCH3 is 1. The normalized spacial score (nSPS) is 14.5. The summed E-state index contributed by atoms with van der Waals surface area (Å²) in [5.41, 5.74) is 1.71. The molecular weight excluding hydrogens is 316 g/mol. The van der Waals surface area contributed by atoms with Gasteiger partial charge in [0.2, 0.25) is 0 Å². The van der Waals surface area contributed by atoms with Crippen molar-refractivity contribution in [1.82, 2.24) is 5.32 Å². The summed E-state index contributed by atoms with van der Waals surface area (Å²) in [6.07, 6.45) is 2.13. The summed E-state index contributed by atoms with van der Waals surface area (Å²) in [4.78, 5) is 12.3. The van der Waals surface area contributed by atoms with Crippen molar-refractivity contribution in [2.24, 2.45) is 5.41 Å². The number of para-hydroxylation sites is 2. The Morgan fingerprint density at radius 2 is 1.88 bits per heavy atom. The predicted octanol–water partition coefficient (Wildman–Crippen LogP) is 3.98. The molecule has 1 aliphatic rings. The minimum Gasteiger partial charge on any atom is -0.495 e. The van der Waals surface area contributed by atoms with E-state index >= 15 is 0 Å². The quantitative estimate of drug-likeness (QED) is 0.801. The average molecular weight is 340 g/mol. The van der Waals surface area contributed by atoms with Crippen LogP contribution in [-0.2, 0) is 0 Å². The second-order valence-electron chi connectivity index (χ2n) is 6.56. The summed E-state index contributed by atoms with van der Waals surface area (Å²) in [7, 11) is 1.60. The van der Waals surface area contributed by atoms with Crippen LogP contribution in [0.5, 0.6) is 11.5 Å². The van der Waals surface area contributed by atoms with Crippen LogP contribution in [0, 0.1) is 12.3 Å². The van der Waals surface area contributed by atoms with Crippen LogP contribution in [0.25, 0.3) is 0 Å². The van der Waals surface area contributed by atoms with Crippen molar-refractivity contribution < 1.29 is 14.3 Å². The van der Waals surface area contributed by atoms with E-state index in [0.717, 1.165) is 24.2 Å². The Balaban J connectivity index is 1.51. The fourth-order valence-electron chi connectivity index (χ4n) is 2.70. The van der Waals surface area contributed by atoms with Crippen LogP contribution in [-0.4, -0.2) is 26.3 Å². The van der Waals surface area contributed by atoms with Crippen LogP contribution in [0.4, 0.5) is 10.5 Å². The van der Waals surface area contributed by atoms with Gasteiger partial charge in [-0.05, 0) is 43.5 Å². The molecule has 132 valence electrons. The van der Waals surface area contributed by atoms with E-state index in [1.165, 1.54) is 0 Å². The van der Waals surface area contributed by atoms with Crippen molar-refractivity contribution in [3.8, 4) is 11.5 Å². The molecular formula is C20H24N2O3. The lowest BCUT2D eigenvalue weighted by atomic mass is 10.1. The molecule has 0 aromatic heterocycles. The third-order valence-electron chi connectivity index (χ3n) is 4.56. The minimum atomic E-state index is -0.224. The van der Waals surface area contributed by atoms with Crippen LogP contribution >= 0.6 is 0 Å². The number of rotatable bonds is 7. The smallest absolute Gasteiger partial charge is 0.319 e. The van der Waals surface area contributed by atoms with Gasteiger partial charge in [0.15, 0.2) is 0 Å². The van der Waals surface area contributed by atoms with Gasteiger partial charge in [0.25, 0.3) is 0 Å². The Hall–Kier alpha value is -2.69. The van der Waals surface area contributed by atoms with E-state index in [0.29, 0.717) is 24.6 Å². The molecule has 2 aromatic rings. The minimum absolute atomic E-state index is 0.0446. The second-order valence-corrected chi connectivity index (χ2v) is 6.56. The van der Waals surface area contributed by atoms with E-state index < -0.39 is 0 Å². The van der Waals surface area contributed by atoms with Crippen LogP contribution in [0.3, 0.4) is 0 Å². The summed E-state index contributed by atoms with van der Waals surface area (Å²) in [6.45, 7) is 3.15. The van der Waals surface area contributed by atoms with Crippen LogP contribution < -0.4 is 20.1 Å². The molecule has 2 aromatic carbocycles. The molecule has 1 fully saturated rings. The highest BCUT2D eigenvalue weighted by molar-refractivity contribution is 5.92. The van der Waals surface area contributed by atoms with Gasteiger partial charge in [0.05, 0.1) is 19.4 Å². The van der Waals surface area contributed by atoms with Gasteiger partial charge in [-0.1, -0.05) is 30.3 Å². The summed E-state index contributed by atoms with van der Waals surface area (Å²) in [5, 5.41) is 5.85. The molecule has 0 saturated heterocycles. The first kappa shape index (κ1) is 17.1. The van der Waals surface area contributed by atoms with Crippen molar-refractivity contribution >= 4 is 11.7 Å². The summed E-state index contributed by atoms with van der Waals surface area (Å²) in [6, 6.07) is 15.2. The highest BCUT2D eigenvalue weighted by atomic mass is 16.5. The number of aryl methyl sites for hydroxylation is 1. The highest BCUT2D eigenvalue weighted by Gasteiger charge is 2.43. The molecule has 0 spiro atoms. The fraction of sp³-hybridized carbons (Fsp3) is 0.350. The first-order valence-electron chi connectivity index (χ1n) is 8.48. The summed E-state index contributed by atoms with van der Waals surface area (Å²) < 4.78 is 11.2. The maximum atomic E-state index is 12.3. The lowest BCUT2D eigenvalue weighted by Gasteiger charge is -2.18. The van der Waals surface area contributed by atoms with E-state index in [9.17, 15) is 4.79 Å². The lowest BCUT2D eigenvalue weighted by Crippen LogP contribution is -2.36. The van der Waals surface area contributed by atoms with E-state index in [1.54, 1.807) is 7.11 Å². The Morgan fingerprint density at radius 1 is 1.12 bits per heavy atom. The molecule has 1 saturated carbocycles. The van der Waals surface area contributed by atoms with E-state index in [4.69, 9.17) is 9.47 Å². The lowest BCUT2D eigenvalue weighted by molar-refractivity contribution is 0.223. The molecule has 0 heterocycles. The Kier molecular flexibility index (Phi) is 5.12. The predicted molar refractivity (Wildman–Crippen MR) is 98.4 cm³/mol. The molecule has 25 heavy (non-hydrogen) atoms. The number of ether oxygens (including phenoxy) is 2. The van der Waals surface area contributed by atoms with E-state index in [2.05, 4.69) is 10.6 Å². The Morgan fingerprint density at radius 3 is 2.56 bits per heavy atom. The molecule has 5 nitrogen and oxygen atoms in total. The van der Waals surface area contributed by atoms with E-state index in [-0.39, 0.29) is 11.4 Å². The molecule has 0 aliphatic heterocycles. The number of nitrogens with one attached hydrogen (secondary N) is 2. The number of carbonyl (C=O) groups excluding carboxylic acids is 1. The number of anilines is 1. The van der Waals surface area contributed by atoms with Gasteiger partial charge in [0, 0.05) is 12.0 Å². The highest BCUT2D eigenvalue weighted by Crippen LogP contribution is 2.45. The molecule has 0 bridgehead atoms. The number of amides is 2. The van der Waals surface area contributed by atoms with Crippen LogP contribution in [0.1, 0.15) is 18.4 Å². The van der Waals surface area contributed by atoms with Gasteiger partial charge < -0.3 is 20.1 Å². The van der Waals surface area contributed by atoms with E-state index in [1.807, 2.05) is 55.5 Å². The zero-order valence-electron chi connectivity index (χ0n) is 14.7. The molecule has 5 heteroatoms. The third kappa shape index (κ3) is 4.44. The van der Waals surface area contributed by atoms with Crippen molar-refractivity contribution in [3.05, 3.63) is 54.1 Å². The van der Waals surface area contributed by atoms with Gasteiger partial charge >= 0.3 is 6.03 Å². The number of benzene rings is 2. The maximum Gasteiger partial charge on any atom is 0.319 e. The maximum absolute atomic E-state index is 12.3. The topological polar surface area (TPSA) is 59.6 Å². The monoisotopic (exact) mass is 340 g/mol. The Labute approximate surface area is 148 Å². The second kappa shape index (κ2) is 7.47. The first-order valence-corrected chi connectivity index (χ1v) is 8.48. The van der Waals surface area contributed by atoms with Crippen LogP contribution in [0.15, 0.2) is 48.5 Å².